The molecule has 0 heteroatoms. The van der Waals surface area contributed by atoms with Gasteiger partial charge in [-0.15, -0.1) is 6.42 Å². The molecule has 0 aliphatic heterocycles. The van der Waals surface area contributed by atoms with Crippen LogP contribution in [0.1, 0.15) is 42.0 Å². The third-order valence-corrected chi connectivity index (χ3v) is 4.23. The van der Waals surface area contributed by atoms with Gasteiger partial charge < -0.3 is 0 Å². The minimum absolute atomic E-state index is 0.0909. The molecule has 0 nitrogen and oxygen atoms in total. The van der Waals surface area contributed by atoms with Crippen molar-refractivity contribution in [3.63, 3.8) is 0 Å². The smallest absolute Gasteiger partial charge is 0.0280 e. The van der Waals surface area contributed by atoms with E-state index in [1.807, 2.05) is 0 Å². The first-order chi connectivity index (χ1) is 9.24. The lowest BCUT2D eigenvalue weighted by Crippen LogP contribution is -2.22. The van der Waals surface area contributed by atoms with Gasteiger partial charge in [-0.1, -0.05) is 55.4 Å². The topological polar surface area (TPSA) is 0 Å². The second-order valence-electron chi connectivity index (χ2n) is 5.55. The van der Waals surface area contributed by atoms with Crippen molar-refractivity contribution < 1.29 is 0 Å². The second-order valence-corrected chi connectivity index (χ2v) is 5.55. The average Bonchev–Trinajstić information content (AvgIpc) is 2.46. The van der Waals surface area contributed by atoms with E-state index in [4.69, 9.17) is 6.42 Å². The molecule has 3 rings (SSSR count). The van der Waals surface area contributed by atoms with Crippen molar-refractivity contribution in [2.45, 2.75) is 31.6 Å². The first-order valence-electron chi connectivity index (χ1n) is 6.88. The van der Waals surface area contributed by atoms with Gasteiger partial charge in [0.05, 0.1) is 0 Å². The van der Waals surface area contributed by atoms with Crippen LogP contribution in [0.2, 0.25) is 0 Å². The molecule has 0 radical (unpaired) electrons. The highest BCUT2D eigenvalue weighted by Gasteiger charge is 2.27. The van der Waals surface area contributed by atoms with Gasteiger partial charge in [-0.05, 0) is 42.0 Å². The largest absolute Gasteiger partial charge is 0.115 e. The van der Waals surface area contributed by atoms with Crippen molar-refractivity contribution in [2.24, 2.45) is 0 Å². The summed E-state index contributed by atoms with van der Waals surface area (Å²) >= 11 is 0. The predicted molar refractivity (Wildman–Crippen MR) is 82.0 cm³/mol. The summed E-state index contributed by atoms with van der Waals surface area (Å²) in [6.07, 6.45) is 22.2. The van der Waals surface area contributed by atoms with E-state index in [9.17, 15) is 0 Å². The van der Waals surface area contributed by atoms with Gasteiger partial charge in [0.2, 0.25) is 0 Å². The SMILES string of the molecule is C#Cc1ccc(C2(C)C=CC=CC2)c2c1CCC=C2. The Morgan fingerprint density at radius 2 is 2.11 bits per heavy atom. The molecule has 19 heavy (non-hydrogen) atoms. The summed E-state index contributed by atoms with van der Waals surface area (Å²) in [6, 6.07) is 4.33. The van der Waals surface area contributed by atoms with Gasteiger partial charge in [0, 0.05) is 11.0 Å². The summed E-state index contributed by atoms with van der Waals surface area (Å²) in [5.41, 5.74) is 5.25. The number of benzene rings is 1. The quantitative estimate of drug-likeness (QED) is 0.644. The Hall–Kier alpha value is -2.00. The van der Waals surface area contributed by atoms with Crippen molar-refractivity contribution in [2.75, 3.05) is 0 Å². The molecule has 0 heterocycles. The third-order valence-electron chi connectivity index (χ3n) is 4.23. The maximum Gasteiger partial charge on any atom is 0.0280 e. The first-order valence-corrected chi connectivity index (χ1v) is 6.88. The minimum atomic E-state index is 0.0909. The number of rotatable bonds is 1. The van der Waals surface area contributed by atoms with Crippen LogP contribution in [0.4, 0.5) is 0 Å². The Morgan fingerprint density at radius 1 is 1.21 bits per heavy atom. The molecule has 0 saturated carbocycles. The summed E-state index contributed by atoms with van der Waals surface area (Å²) in [6.45, 7) is 2.31. The summed E-state index contributed by atoms with van der Waals surface area (Å²) in [4.78, 5) is 0. The number of allylic oxidation sites excluding steroid dienone is 5. The molecule has 0 amide bonds. The van der Waals surface area contributed by atoms with Crippen LogP contribution in [0.5, 0.6) is 0 Å². The van der Waals surface area contributed by atoms with Crippen LogP contribution in [0.15, 0.2) is 42.5 Å². The molecule has 0 aromatic heterocycles. The van der Waals surface area contributed by atoms with E-state index in [0.717, 1.165) is 24.8 Å². The van der Waals surface area contributed by atoms with E-state index in [-0.39, 0.29) is 5.41 Å². The molecule has 1 atom stereocenters. The monoisotopic (exact) mass is 246 g/mol. The Balaban J connectivity index is 2.19. The van der Waals surface area contributed by atoms with Crippen molar-refractivity contribution in [1.82, 2.24) is 0 Å². The average molecular weight is 246 g/mol. The van der Waals surface area contributed by atoms with Crippen molar-refractivity contribution in [3.8, 4) is 12.3 Å². The van der Waals surface area contributed by atoms with Gasteiger partial charge in [0.1, 0.15) is 0 Å². The fourth-order valence-corrected chi connectivity index (χ4v) is 3.11. The zero-order valence-corrected chi connectivity index (χ0v) is 11.3. The fraction of sp³-hybridized carbons (Fsp3) is 0.263. The number of hydrogen-bond acceptors (Lipinski definition) is 0. The predicted octanol–water partition coefficient (Wildman–Crippen LogP) is 4.40. The van der Waals surface area contributed by atoms with Gasteiger partial charge in [0.25, 0.3) is 0 Å². The van der Waals surface area contributed by atoms with Gasteiger partial charge in [-0.3, -0.25) is 0 Å². The van der Waals surface area contributed by atoms with Crippen LogP contribution < -0.4 is 0 Å². The summed E-state index contributed by atoms with van der Waals surface area (Å²) in [5.74, 6) is 2.83. The van der Waals surface area contributed by atoms with Gasteiger partial charge in [-0.2, -0.15) is 0 Å². The molecule has 94 valence electrons. The molecule has 1 aromatic rings. The molecule has 0 spiro atoms. The molecule has 2 aliphatic rings. The lowest BCUT2D eigenvalue weighted by molar-refractivity contribution is 0.597. The zero-order chi connectivity index (χ0) is 13.3. The number of fused-ring (bicyclic) bond motifs is 1. The molecule has 1 unspecified atom stereocenters. The van der Waals surface area contributed by atoms with Crippen LogP contribution >= 0.6 is 0 Å². The van der Waals surface area contributed by atoms with Crippen LogP contribution in [-0.2, 0) is 11.8 Å². The maximum absolute atomic E-state index is 5.64. The van der Waals surface area contributed by atoms with Crippen molar-refractivity contribution in [1.29, 1.82) is 0 Å². The minimum Gasteiger partial charge on any atom is -0.115 e. The van der Waals surface area contributed by atoms with Gasteiger partial charge in [-0.25, -0.2) is 0 Å². The van der Waals surface area contributed by atoms with Crippen molar-refractivity contribution in [3.05, 3.63) is 64.8 Å². The second kappa shape index (κ2) is 4.59. The standard InChI is InChI=1S/C19H18/c1-3-15-11-12-18(17-10-6-5-9-16(15)17)19(2)13-7-4-8-14-19/h1,4,6-8,10-13H,5,9,14H2,2H3. The molecule has 1 aromatic carbocycles. The van der Waals surface area contributed by atoms with Crippen LogP contribution in [0.25, 0.3) is 6.08 Å². The fourth-order valence-electron chi connectivity index (χ4n) is 3.11. The lowest BCUT2D eigenvalue weighted by Gasteiger charge is -2.31. The zero-order valence-electron chi connectivity index (χ0n) is 11.3. The summed E-state index contributed by atoms with van der Waals surface area (Å²) < 4.78 is 0. The molecular weight excluding hydrogens is 228 g/mol. The number of hydrogen-bond donors (Lipinski definition) is 0. The highest BCUT2D eigenvalue weighted by Crippen LogP contribution is 2.38. The van der Waals surface area contributed by atoms with E-state index in [2.05, 4.69) is 61.4 Å². The molecular formula is C19H18. The van der Waals surface area contributed by atoms with E-state index in [0.29, 0.717) is 0 Å². The molecule has 0 fully saturated rings. The van der Waals surface area contributed by atoms with E-state index < -0.39 is 0 Å². The molecule has 0 bridgehead atoms. The Bertz CT molecular complexity index is 635. The maximum atomic E-state index is 5.64. The Kier molecular flexibility index (Phi) is 2.91. The van der Waals surface area contributed by atoms with E-state index >= 15 is 0 Å². The van der Waals surface area contributed by atoms with Gasteiger partial charge in [0.15, 0.2) is 0 Å². The molecule has 2 aliphatic carbocycles. The highest BCUT2D eigenvalue weighted by atomic mass is 14.3. The van der Waals surface area contributed by atoms with Crippen LogP contribution in [0.3, 0.4) is 0 Å². The number of terminal acetylenes is 1. The Morgan fingerprint density at radius 3 is 2.84 bits per heavy atom. The van der Waals surface area contributed by atoms with E-state index in [1.165, 1.54) is 16.7 Å². The van der Waals surface area contributed by atoms with Gasteiger partial charge >= 0.3 is 0 Å². The summed E-state index contributed by atoms with van der Waals surface area (Å²) in [7, 11) is 0. The summed E-state index contributed by atoms with van der Waals surface area (Å²) in [5, 5.41) is 0. The normalized spacial score (nSPS) is 24.0. The first kappa shape index (κ1) is 12.1. The highest BCUT2D eigenvalue weighted by molar-refractivity contribution is 5.67. The lowest BCUT2D eigenvalue weighted by atomic mass is 9.73. The molecule has 0 saturated heterocycles. The third kappa shape index (κ3) is 1.96. The molecule has 0 N–H and O–H groups in total. The van der Waals surface area contributed by atoms with Crippen molar-refractivity contribution >= 4 is 6.08 Å². The Labute approximate surface area is 115 Å². The van der Waals surface area contributed by atoms with E-state index in [1.54, 1.807) is 0 Å². The van der Waals surface area contributed by atoms with Crippen LogP contribution in [-0.4, -0.2) is 0 Å². The van der Waals surface area contributed by atoms with Crippen LogP contribution in [0, 0.1) is 12.3 Å².